The topological polar surface area (TPSA) is 60.9 Å². The average molecular weight is 348 g/mol. The minimum atomic E-state index is -0.0519. The number of carbonyl (C=O) groups excluding carboxylic acids is 1. The molecule has 2 aliphatic rings. The Labute approximate surface area is 149 Å². The predicted octanol–water partition coefficient (Wildman–Crippen LogP) is 2.91. The lowest BCUT2D eigenvalue weighted by Gasteiger charge is -2.35. The molecule has 1 aromatic rings. The standard InChI is InChI=1S/C19H28N2O4/c1-23-17-9-8-16(18(20-17)24-2)19(22)21-10-11-25-15(13-21)12-14-6-4-3-5-7-14/h8-9,14-15H,3-7,10-13H2,1-2H3. The van der Waals surface area contributed by atoms with Gasteiger partial charge in [0.15, 0.2) is 0 Å². The first-order chi connectivity index (χ1) is 12.2. The van der Waals surface area contributed by atoms with Crippen molar-refractivity contribution in [3.63, 3.8) is 0 Å². The normalized spacial score (nSPS) is 21.8. The van der Waals surface area contributed by atoms with Gasteiger partial charge < -0.3 is 19.1 Å². The molecule has 0 aromatic carbocycles. The van der Waals surface area contributed by atoms with Gasteiger partial charge in [0, 0.05) is 19.2 Å². The van der Waals surface area contributed by atoms with Crippen LogP contribution in [-0.2, 0) is 4.74 Å². The molecule has 138 valence electrons. The zero-order chi connectivity index (χ0) is 17.6. The number of hydrogen-bond donors (Lipinski definition) is 0. The first kappa shape index (κ1) is 18.0. The maximum absolute atomic E-state index is 12.9. The Hall–Kier alpha value is -1.82. The van der Waals surface area contributed by atoms with E-state index in [4.69, 9.17) is 14.2 Å². The van der Waals surface area contributed by atoms with Gasteiger partial charge in [-0.05, 0) is 18.4 Å². The summed E-state index contributed by atoms with van der Waals surface area (Å²) in [6.07, 6.45) is 7.80. The third-order valence-electron chi connectivity index (χ3n) is 5.21. The number of pyridine rings is 1. The molecule has 1 aromatic heterocycles. The zero-order valence-corrected chi connectivity index (χ0v) is 15.2. The molecule has 2 fully saturated rings. The fraction of sp³-hybridized carbons (Fsp3) is 0.684. The van der Waals surface area contributed by atoms with Crippen molar-refractivity contribution in [2.45, 2.75) is 44.6 Å². The third kappa shape index (κ3) is 4.42. The summed E-state index contributed by atoms with van der Waals surface area (Å²) in [5.41, 5.74) is 0.474. The van der Waals surface area contributed by atoms with Crippen LogP contribution < -0.4 is 9.47 Å². The Kier molecular flexibility index (Phi) is 6.13. The fourth-order valence-corrected chi connectivity index (χ4v) is 3.87. The minimum Gasteiger partial charge on any atom is -0.481 e. The minimum absolute atomic E-state index is 0.0519. The van der Waals surface area contributed by atoms with Gasteiger partial charge in [-0.3, -0.25) is 4.79 Å². The molecule has 0 bridgehead atoms. The highest BCUT2D eigenvalue weighted by Crippen LogP contribution is 2.29. The van der Waals surface area contributed by atoms with Gasteiger partial charge in [0.1, 0.15) is 5.56 Å². The third-order valence-corrected chi connectivity index (χ3v) is 5.21. The molecule has 0 radical (unpaired) electrons. The molecule has 3 rings (SSSR count). The predicted molar refractivity (Wildman–Crippen MR) is 94.2 cm³/mol. The van der Waals surface area contributed by atoms with E-state index in [1.807, 2.05) is 4.90 Å². The smallest absolute Gasteiger partial charge is 0.259 e. The van der Waals surface area contributed by atoms with E-state index in [2.05, 4.69) is 4.98 Å². The molecule has 0 spiro atoms. The molecule has 1 amide bonds. The van der Waals surface area contributed by atoms with E-state index in [0.29, 0.717) is 37.0 Å². The van der Waals surface area contributed by atoms with Gasteiger partial charge in [-0.1, -0.05) is 32.1 Å². The molecule has 1 atom stereocenters. The SMILES string of the molecule is COc1ccc(C(=O)N2CCOC(CC3CCCCC3)C2)c(OC)n1. The maximum Gasteiger partial charge on any atom is 0.259 e. The Morgan fingerprint density at radius 1 is 1.24 bits per heavy atom. The Balaban J connectivity index is 1.65. The largest absolute Gasteiger partial charge is 0.481 e. The summed E-state index contributed by atoms with van der Waals surface area (Å²) in [7, 11) is 3.06. The highest BCUT2D eigenvalue weighted by molar-refractivity contribution is 5.96. The average Bonchev–Trinajstić information content (AvgIpc) is 2.68. The van der Waals surface area contributed by atoms with Crippen LogP contribution in [-0.4, -0.2) is 55.8 Å². The van der Waals surface area contributed by atoms with Crippen LogP contribution >= 0.6 is 0 Å². The first-order valence-corrected chi connectivity index (χ1v) is 9.21. The number of amides is 1. The molecular weight excluding hydrogens is 320 g/mol. The van der Waals surface area contributed by atoms with Gasteiger partial charge in [0.05, 0.1) is 26.9 Å². The monoisotopic (exact) mass is 348 g/mol. The summed E-state index contributed by atoms with van der Waals surface area (Å²) < 4.78 is 16.3. The molecular formula is C19H28N2O4. The molecule has 25 heavy (non-hydrogen) atoms. The Morgan fingerprint density at radius 2 is 2.04 bits per heavy atom. The quantitative estimate of drug-likeness (QED) is 0.819. The Morgan fingerprint density at radius 3 is 2.76 bits per heavy atom. The lowest BCUT2D eigenvalue weighted by Crippen LogP contribution is -2.46. The van der Waals surface area contributed by atoms with Crippen LogP contribution in [0.3, 0.4) is 0 Å². The van der Waals surface area contributed by atoms with Crippen molar-refractivity contribution in [2.75, 3.05) is 33.9 Å². The van der Waals surface area contributed by atoms with Crippen molar-refractivity contribution in [1.82, 2.24) is 9.88 Å². The van der Waals surface area contributed by atoms with Crippen LogP contribution in [0.1, 0.15) is 48.9 Å². The van der Waals surface area contributed by atoms with Crippen LogP contribution in [0.25, 0.3) is 0 Å². The van der Waals surface area contributed by atoms with E-state index in [1.54, 1.807) is 19.2 Å². The van der Waals surface area contributed by atoms with Gasteiger partial charge in [-0.15, -0.1) is 0 Å². The molecule has 1 saturated heterocycles. The van der Waals surface area contributed by atoms with Gasteiger partial charge in [-0.2, -0.15) is 4.98 Å². The lowest BCUT2D eigenvalue weighted by atomic mass is 9.85. The summed E-state index contributed by atoms with van der Waals surface area (Å²) in [6.45, 7) is 1.84. The zero-order valence-electron chi connectivity index (χ0n) is 15.2. The summed E-state index contributed by atoms with van der Waals surface area (Å²) in [4.78, 5) is 19.0. The first-order valence-electron chi connectivity index (χ1n) is 9.21. The highest BCUT2D eigenvalue weighted by Gasteiger charge is 2.29. The molecule has 1 saturated carbocycles. The van der Waals surface area contributed by atoms with E-state index in [9.17, 15) is 4.79 Å². The van der Waals surface area contributed by atoms with E-state index in [-0.39, 0.29) is 12.0 Å². The number of rotatable bonds is 5. The number of hydrogen-bond acceptors (Lipinski definition) is 5. The summed E-state index contributed by atoms with van der Waals surface area (Å²) in [5, 5.41) is 0. The number of carbonyl (C=O) groups is 1. The lowest BCUT2D eigenvalue weighted by molar-refractivity contribution is -0.0338. The maximum atomic E-state index is 12.9. The van der Waals surface area contributed by atoms with Crippen molar-refractivity contribution >= 4 is 5.91 Å². The van der Waals surface area contributed by atoms with E-state index in [0.717, 1.165) is 12.3 Å². The summed E-state index contributed by atoms with van der Waals surface area (Å²) in [6, 6.07) is 3.41. The van der Waals surface area contributed by atoms with E-state index >= 15 is 0 Å². The molecule has 2 heterocycles. The van der Waals surface area contributed by atoms with Crippen LogP contribution in [0.4, 0.5) is 0 Å². The summed E-state index contributed by atoms with van der Waals surface area (Å²) in [5.74, 6) is 1.43. The van der Waals surface area contributed by atoms with Gasteiger partial charge in [0.25, 0.3) is 5.91 Å². The Bertz CT molecular complexity index is 587. The van der Waals surface area contributed by atoms with E-state index in [1.165, 1.54) is 39.2 Å². The number of nitrogens with zero attached hydrogens (tertiary/aromatic N) is 2. The van der Waals surface area contributed by atoms with Crippen molar-refractivity contribution in [3.8, 4) is 11.8 Å². The van der Waals surface area contributed by atoms with Crippen molar-refractivity contribution < 1.29 is 19.0 Å². The number of morpholine rings is 1. The van der Waals surface area contributed by atoms with E-state index < -0.39 is 0 Å². The second kappa shape index (κ2) is 8.52. The second-order valence-electron chi connectivity index (χ2n) is 6.89. The number of aromatic nitrogens is 1. The van der Waals surface area contributed by atoms with Gasteiger partial charge >= 0.3 is 0 Å². The van der Waals surface area contributed by atoms with Crippen molar-refractivity contribution in [1.29, 1.82) is 0 Å². The second-order valence-corrected chi connectivity index (χ2v) is 6.89. The van der Waals surface area contributed by atoms with Crippen LogP contribution in [0.5, 0.6) is 11.8 Å². The molecule has 6 nitrogen and oxygen atoms in total. The molecule has 1 unspecified atom stereocenters. The fourth-order valence-electron chi connectivity index (χ4n) is 3.87. The highest BCUT2D eigenvalue weighted by atomic mass is 16.5. The van der Waals surface area contributed by atoms with Crippen molar-refractivity contribution in [2.24, 2.45) is 5.92 Å². The summed E-state index contributed by atoms with van der Waals surface area (Å²) >= 11 is 0. The van der Waals surface area contributed by atoms with Crippen LogP contribution in [0.2, 0.25) is 0 Å². The number of methoxy groups -OCH3 is 2. The molecule has 1 aliphatic carbocycles. The molecule has 0 N–H and O–H groups in total. The van der Waals surface area contributed by atoms with Gasteiger partial charge in [0.2, 0.25) is 11.8 Å². The molecule has 1 aliphatic heterocycles. The number of ether oxygens (including phenoxy) is 3. The van der Waals surface area contributed by atoms with Gasteiger partial charge in [-0.25, -0.2) is 0 Å². The van der Waals surface area contributed by atoms with Crippen molar-refractivity contribution in [3.05, 3.63) is 17.7 Å². The van der Waals surface area contributed by atoms with Crippen LogP contribution in [0.15, 0.2) is 12.1 Å². The van der Waals surface area contributed by atoms with Crippen LogP contribution in [0, 0.1) is 5.92 Å². The molecule has 6 heteroatoms.